The normalized spacial score (nSPS) is 10.3. The summed E-state index contributed by atoms with van der Waals surface area (Å²) in [5.41, 5.74) is 2.30. The summed E-state index contributed by atoms with van der Waals surface area (Å²) in [4.78, 5) is 11.9. The Morgan fingerprint density at radius 3 is 2.57 bits per heavy atom. The van der Waals surface area contributed by atoms with Gasteiger partial charge in [-0.05, 0) is 24.3 Å². The lowest BCUT2D eigenvalue weighted by molar-refractivity contribution is 0.305. The molecule has 6 nitrogen and oxygen atoms in total. The van der Waals surface area contributed by atoms with Gasteiger partial charge in [0.15, 0.2) is 17.1 Å². The number of rotatable bonds is 5. The Morgan fingerprint density at radius 2 is 1.96 bits per heavy atom. The molecule has 0 aliphatic rings. The van der Waals surface area contributed by atoms with Crippen LogP contribution in [0.5, 0.6) is 17.2 Å². The van der Waals surface area contributed by atoms with Crippen molar-refractivity contribution in [3.63, 3.8) is 0 Å². The van der Waals surface area contributed by atoms with Gasteiger partial charge in [-0.2, -0.15) is 0 Å². The Kier molecular flexibility index (Phi) is 4.02. The number of hydrogen-bond donors (Lipinski definition) is 1. The number of H-pyrrole nitrogens is 1. The molecule has 2 aromatic heterocycles. The molecule has 1 aromatic carbocycles. The molecule has 0 aliphatic heterocycles. The average molecular weight is 309 g/mol. The van der Waals surface area contributed by atoms with E-state index in [9.17, 15) is 0 Å². The van der Waals surface area contributed by atoms with Gasteiger partial charge in [-0.3, -0.25) is 0 Å². The highest BCUT2D eigenvalue weighted by molar-refractivity contribution is 5.77. The van der Waals surface area contributed by atoms with Gasteiger partial charge in [0.05, 0.1) is 19.7 Å². The standard InChI is InChI=1S/C17H15N3O3/c1-4-8-23-15-13(21-2)9-11(10-14(15)22-3)16-19-12-6-5-7-18-17(12)20-16/h1,5-7,9-10H,8H2,2-3H3,(H,18,19,20). The number of ether oxygens (including phenoxy) is 3. The summed E-state index contributed by atoms with van der Waals surface area (Å²) in [6, 6.07) is 7.39. The maximum absolute atomic E-state index is 5.52. The molecule has 0 unspecified atom stereocenters. The third-order valence-corrected chi connectivity index (χ3v) is 3.29. The molecule has 116 valence electrons. The van der Waals surface area contributed by atoms with Crippen molar-refractivity contribution < 1.29 is 14.2 Å². The molecular weight excluding hydrogens is 294 g/mol. The van der Waals surface area contributed by atoms with Gasteiger partial charge in [-0.25, -0.2) is 9.97 Å². The van der Waals surface area contributed by atoms with Gasteiger partial charge in [-0.1, -0.05) is 5.92 Å². The molecule has 0 spiro atoms. The minimum absolute atomic E-state index is 0.126. The zero-order valence-corrected chi connectivity index (χ0v) is 12.8. The zero-order valence-electron chi connectivity index (χ0n) is 12.8. The first-order valence-electron chi connectivity index (χ1n) is 6.90. The molecular formula is C17H15N3O3. The highest BCUT2D eigenvalue weighted by Crippen LogP contribution is 2.41. The molecule has 3 rings (SSSR count). The molecule has 0 aliphatic carbocycles. The van der Waals surface area contributed by atoms with Gasteiger partial charge in [0, 0.05) is 11.8 Å². The lowest BCUT2D eigenvalue weighted by atomic mass is 10.1. The van der Waals surface area contributed by atoms with Crippen LogP contribution in [0, 0.1) is 12.3 Å². The Morgan fingerprint density at radius 1 is 1.22 bits per heavy atom. The molecule has 0 amide bonds. The predicted octanol–water partition coefficient (Wildman–Crippen LogP) is 2.65. The predicted molar refractivity (Wildman–Crippen MR) is 86.8 cm³/mol. The fraction of sp³-hybridized carbons (Fsp3) is 0.176. The molecule has 23 heavy (non-hydrogen) atoms. The summed E-state index contributed by atoms with van der Waals surface area (Å²) in [5.74, 6) is 4.59. The van der Waals surface area contributed by atoms with Crippen LogP contribution in [0.15, 0.2) is 30.5 Å². The SMILES string of the molecule is C#CCOc1c(OC)cc(-c2nc3ncccc3[nH]2)cc1OC. The van der Waals surface area contributed by atoms with E-state index in [1.807, 2.05) is 24.3 Å². The van der Waals surface area contributed by atoms with E-state index in [2.05, 4.69) is 20.9 Å². The van der Waals surface area contributed by atoms with Crippen molar-refractivity contribution in [1.29, 1.82) is 0 Å². The minimum Gasteiger partial charge on any atom is -0.493 e. The van der Waals surface area contributed by atoms with Crippen molar-refractivity contribution in [2.24, 2.45) is 0 Å². The molecule has 0 radical (unpaired) electrons. The fourth-order valence-corrected chi connectivity index (χ4v) is 2.25. The second-order valence-electron chi connectivity index (χ2n) is 4.66. The van der Waals surface area contributed by atoms with E-state index in [-0.39, 0.29) is 6.61 Å². The monoisotopic (exact) mass is 309 g/mol. The molecule has 2 heterocycles. The number of hydrogen-bond acceptors (Lipinski definition) is 5. The first-order chi connectivity index (χ1) is 11.3. The zero-order chi connectivity index (χ0) is 16.2. The highest BCUT2D eigenvalue weighted by Gasteiger charge is 2.16. The topological polar surface area (TPSA) is 69.3 Å². The van der Waals surface area contributed by atoms with Gasteiger partial charge < -0.3 is 19.2 Å². The van der Waals surface area contributed by atoms with Crippen molar-refractivity contribution >= 4 is 11.2 Å². The molecule has 3 aromatic rings. The van der Waals surface area contributed by atoms with E-state index in [0.29, 0.717) is 28.7 Å². The maximum Gasteiger partial charge on any atom is 0.204 e. The number of nitrogens with zero attached hydrogens (tertiary/aromatic N) is 2. The number of pyridine rings is 1. The Hall–Kier alpha value is -3.20. The summed E-state index contributed by atoms with van der Waals surface area (Å²) in [7, 11) is 3.11. The number of aromatic amines is 1. The van der Waals surface area contributed by atoms with Gasteiger partial charge in [-0.15, -0.1) is 6.42 Å². The highest BCUT2D eigenvalue weighted by atomic mass is 16.5. The Labute approximate surface area is 133 Å². The van der Waals surface area contributed by atoms with Crippen molar-refractivity contribution in [2.45, 2.75) is 0 Å². The summed E-state index contributed by atoms with van der Waals surface area (Å²) in [6.07, 6.45) is 6.94. The first kappa shape index (κ1) is 14.7. The number of benzene rings is 1. The molecule has 0 saturated heterocycles. The van der Waals surface area contributed by atoms with Crippen LogP contribution in [-0.4, -0.2) is 35.8 Å². The molecule has 6 heteroatoms. The van der Waals surface area contributed by atoms with E-state index in [1.54, 1.807) is 20.4 Å². The van der Waals surface area contributed by atoms with Crippen LogP contribution in [-0.2, 0) is 0 Å². The third kappa shape index (κ3) is 2.77. The van der Waals surface area contributed by atoms with Crippen LogP contribution in [0.2, 0.25) is 0 Å². The summed E-state index contributed by atoms with van der Waals surface area (Å²) >= 11 is 0. The molecule has 0 atom stereocenters. The van der Waals surface area contributed by atoms with Crippen molar-refractivity contribution in [2.75, 3.05) is 20.8 Å². The van der Waals surface area contributed by atoms with Crippen LogP contribution in [0.25, 0.3) is 22.6 Å². The van der Waals surface area contributed by atoms with Crippen molar-refractivity contribution in [3.05, 3.63) is 30.5 Å². The molecule has 0 bridgehead atoms. The van der Waals surface area contributed by atoms with Gasteiger partial charge in [0.1, 0.15) is 12.4 Å². The van der Waals surface area contributed by atoms with E-state index >= 15 is 0 Å². The van der Waals surface area contributed by atoms with Gasteiger partial charge in [0.2, 0.25) is 5.75 Å². The molecule has 1 N–H and O–H groups in total. The van der Waals surface area contributed by atoms with Crippen LogP contribution >= 0.6 is 0 Å². The summed E-state index contributed by atoms with van der Waals surface area (Å²) in [5, 5.41) is 0. The van der Waals surface area contributed by atoms with Crippen LogP contribution in [0.1, 0.15) is 0 Å². The number of fused-ring (bicyclic) bond motifs is 1. The van der Waals surface area contributed by atoms with Gasteiger partial charge in [0.25, 0.3) is 0 Å². The first-order valence-corrected chi connectivity index (χ1v) is 6.90. The summed E-state index contributed by atoms with van der Waals surface area (Å²) in [6.45, 7) is 0.126. The molecule has 0 fully saturated rings. The van der Waals surface area contributed by atoms with E-state index in [1.165, 1.54) is 0 Å². The summed E-state index contributed by atoms with van der Waals surface area (Å²) < 4.78 is 16.3. The average Bonchev–Trinajstić information content (AvgIpc) is 3.03. The smallest absolute Gasteiger partial charge is 0.204 e. The minimum atomic E-state index is 0.126. The van der Waals surface area contributed by atoms with E-state index < -0.39 is 0 Å². The van der Waals surface area contributed by atoms with Crippen molar-refractivity contribution in [1.82, 2.24) is 15.0 Å². The second kappa shape index (κ2) is 6.28. The van der Waals surface area contributed by atoms with E-state index in [4.69, 9.17) is 20.6 Å². The van der Waals surface area contributed by atoms with Crippen LogP contribution in [0.4, 0.5) is 0 Å². The number of methoxy groups -OCH3 is 2. The van der Waals surface area contributed by atoms with Crippen LogP contribution in [0.3, 0.4) is 0 Å². The molecule has 0 saturated carbocycles. The number of aromatic nitrogens is 3. The maximum atomic E-state index is 5.52. The number of nitrogens with one attached hydrogen (secondary N) is 1. The Bertz CT molecular complexity index is 822. The van der Waals surface area contributed by atoms with E-state index in [0.717, 1.165) is 11.1 Å². The lowest BCUT2D eigenvalue weighted by Gasteiger charge is -2.14. The number of imidazole rings is 1. The largest absolute Gasteiger partial charge is 0.493 e. The van der Waals surface area contributed by atoms with Crippen molar-refractivity contribution in [3.8, 4) is 41.0 Å². The fourth-order valence-electron chi connectivity index (χ4n) is 2.25. The quantitative estimate of drug-likeness (QED) is 0.734. The van der Waals surface area contributed by atoms with Crippen LogP contribution < -0.4 is 14.2 Å². The van der Waals surface area contributed by atoms with Gasteiger partial charge >= 0.3 is 0 Å². The Balaban J connectivity index is 2.10. The number of terminal acetylenes is 1. The third-order valence-electron chi connectivity index (χ3n) is 3.29. The second-order valence-corrected chi connectivity index (χ2v) is 4.66. The lowest BCUT2D eigenvalue weighted by Crippen LogP contribution is -2.00.